The molecule has 0 amide bonds. The van der Waals surface area contributed by atoms with E-state index in [4.69, 9.17) is 0 Å². The number of phenols is 1. The zero-order valence-electron chi connectivity index (χ0n) is 18.3. The molecule has 2 atom stereocenters. The minimum Gasteiger partial charge on any atom is -0.508 e. The van der Waals surface area contributed by atoms with Crippen LogP contribution in [0.15, 0.2) is 27.8 Å². The lowest BCUT2D eigenvalue weighted by Crippen LogP contribution is -2.40. The van der Waals surface area contributed by atoms with Crippen molar-refractivity contribution in [1.82, 2.24) is 18.7 Å². The maximum Gasteiger partial charge on any atom is 0.332 e. The fourth-order valence-corrected chi connectivity index (χ4v) is 4.41. The Bertz CT molecular complexity index is 1260. The molecule has 4 rings (SSSR count). The molecule has 2 aromatic heterocycles. The van der Waals surface area contributed by atoms with Crippen molar-refractivity contribution >= 4 is 17.1 Å². The van der Waals surface area contributed by atoms with Crippen LogP contribution in [0.2, 0.25) is 0 Å². The summed E-state index contributed by atoms with van der Waals surface area (Å²) in [5.74, 6) is 0.565. The average Bonchev–Trinajstić information content (AvgIpc) is 3.32. The molecule has 0 radical (unpaired) electrons. The molecule has 0 unspecified atom stereocenters. The summed E-state index contributed by atoms with van der Waals surface area (Å²) >= 11 is 0. The summed E-state index contributed by atoms with van der Waals surface area (Å²) in [6.45, 7) is 3.71. The van der Waals surface area contributed by atoms with Crippen LogP contribution in [0.5, 0.6) is 5.75 Å². The Morgan fingerprint density at radius 2 is 1.97 bits per heavy atom. The molecule has 1 saturated carbocycles. The first-order valence-electron chi connectivity index (χ1n) is 10.9. The first-order valence-corrected chi connectivity index (χ1v) is 10.9. The Hall–Kier alpha value is -3.11. The number of nitrogens with one attached hydrogen (secondary N) is 1. The molecule has 0 saturated heterocycles. The van der Waals surface area contributed by atoms with Crippen LogP contribution >= 0.6 is 0 Å². The highest BCUT2D eigenvalue weighted by Gasteiger charge is 2.28. The quantitative estimate of drug-likeness (QED) is 0.423. The Morgan fingerprint density at radius 3 is 2.59 bits per heavy atom. The second-order valence-corrected chi connectivity index (χ2v) is 8.27. The topological polar surface area (TPSA) is 135 Å². The molecule has 10 nitrogen and oxygen atoms in total. The lowest BCUT2D eigenvalue weighted by molar-refractivity contribution is 0.171. The van der Waals surface area contributed by atoms with Gasteiger partial charge in [0.1, 0.15) is 5.75 Å². The summed E-state index contributed by atoms with van der Waals surface area (Å²) in [6.07, 6.45) is 1.82. The fourth-order valence-electron chi connectivity index (χ4n) is 4.41. The van der Waals surface area contributed by atoms with Gasteiger partial charge in [-0.1, -0.05) is 12.1 Å². The van der Waals surface area contributed by atoms with E-state index >= 15 is 0 Å². The number of hydrogen-bond acceptors (Lipinski definition) is 7. The van der Waals surface area contributed by atoms with Gasteiger partial charge in [-0.25, -0.2) is 4.79 Å². The van der Waals surface area contributed by atoms with Gasteiger partial charge in [0.05, 0.1) is 31.8 Å². The number of phenolic OH excluding ortho intramolecular Hbond substituents is 1. The number of aromatic hydroxyl groups is 1. The monoisotopic (exact) mass is 443 g/mol. The molecule has 1 aliphatic carbocycles. The normalized spacial score (nSPS) is 18.5. The summed E-state index contributed by atoms with van der Waals surface area (Å²) in [7, 11) is 0. The van der Waals surface area contributed by atoms with E-state index in [0.717, 1.165) is 23.0 Å². The average molecular weight is 444 g/mol. The number of nitrogens with zero attached hydrogens (tertiary/aromatic N) is 4. The number of aryl methyl sites for hydroxylation is 1. The van der Waals surface area contributed by atoms with E-state index in [0.29, 0.717) is 17.9 Å². The summed E-state index contributed by atoms with van der Waals surface area (Å²) in [5, 5.41) is 33.0. The molecule has 0 aliphatic heterocycles. The van der Waals surface area contributed by atoms with Gasteiger partial charge in [0.15, 0.2) is 11.2 Å². The Labute approximate surface area is 184 Å². The number of imidazole rings is 1. The van der Waals surface area contributed by atoms with Gasteiger partial charge in [0, 0.05) is 6.54 Å². The number of aliphatic hydroxyl groups excluding tert-OH is 2. The number of benzene rings is 1. The van der Waals surface area contributed by atoms with Crippen LogP contribution in [0.4, 0.5) is 5.95 Å². The van der Waals surface area contributed by atoms with E-state index in [1.807, 2.05) is 6.07 Å². The zero-order valence-corrected chi connectivity index (χ0v) is 18.3. The van der Waals surface area contributed by atoms with Gasteiger partial charge < -0.3 is 20.6 Å². The van der Waals surface area contributed by atoms with Gasteiger partial charge in [-0.2, -0.15) is 4.98 Å². The third kappa shape index (κ3) is 3.80. The standard InChI is InChI=1S/C22H29N5O5/c1-3-25-20(31)18-19(26(9-10-28)22(25)32)24-21(23-15-5-4-6-17(15)30)27(18)12-14-7-8-16(29)13(2)11-14/h7-8,11,15,17,28-30H,3-6,9-10,12H2,1-2H3,(H,23,24)/t15-,17-/m1/s1. The van der Waals surface area contributed by atoms with Gasteiger partial charge in [-0.05, 0) is 50.3 Å². The predicted octanol–water partition coefficient (Wildman–Crippen LogP) is 0.760. The van der Waals surface area contributed by atoms with Gasteiger partial charge in [-0.3, -0.25) is 18.5 Å². The van der Waals surface area contributed by atoms with Crippen molar-refractivity contribution in [2.45, 2.75) is 64.9 Å². The summed E-state index contributed by atoms with van der Waals surface area (Å²) < 4.78 is 4.16. The minimum absolute atomic E-state index is 0.0104. The van der Waals surface area contributed by atoms with Crippen molar-refractivity contribution < 1.29 is 15.3 Å². The van der Waals surface area contributed by atoms with E-state index in [1.54, 1.807) is 30.5 Å². The van der Waals surface area contributed by atoms with Crippen LogP contribution in [0.1, 0.15) is 37.3 Å². The Kier molecular flexibility index (Phi) is 6.07. The van der Waals surface area contributed by atoms with Crippen molar-refractivity contribution in [3.05, 3.63) is 50.2 Å². The molecule has 32 heavy (non-hydrogen) atoms. The minimum atomic E-state index is -0.522. The van der Waals surface area contributed by atoms with Crippen LogP contribution in [0.3, 0.4) is 0 Å². The third-order valence-corrected chi connectivity index (χ3v) is 6.15. The summed E-state index contributed by atoms with van der Waals surface area (Å²) in [4.78, 5) is 30.7. The molecular formula is C22H29N5O5. The van der Waals surface area contributed by atoms with Gasteiger partial charge >= 0.3 is 5.69 Å². The smallest absolute Gasteiger partial charge is 0.332 e. The Morgan fingerprint density at radius 1 is 1.19 bits per heavy atom. The molecule has 1 fully saturated rings. The Balaban J connectivity index is 1.95. The van der Waals surface area contributed by atoms with Crippen molar-refractivity contribution in [2.24, 2.45) is 0 Å². The first-order chi connectivity index (χ1) is 15.3. The van der Waals surface area contributed by atoms with Crippen LogP contribution in [0.25, 0.3) is 11.2 Å². The molecule has 1 aliphatic rings. The van der Waals surface area contributed by atoms with Gasteiger partial charge in [0.25, 0.3) is 5.56 Å². The van der Waals surface area contributed by atoms with Crippen LogP contribution in [-0.2, 0) is 19.6 Å². The van der Waals surface area contributed by atoms with Crippen molar-refractivity contribution in [3.63, 3.8) is 0 Å². The second kappa shape index (κ2) is 8.79. The highest BCUT2D eigenvalue weighted by atomic mass is 16.3. The number of fused-ring (bicyclic) bond motifs is 1. The van der Waals surface area contributed by atoms with Crippen LogP contribution in [0, 0.1) is 6.92 Å². The first kappa shape index (κ1) is 22.1. The van der Waals surface area contributed by atoms with E-state index < -0.39 is 17.4 Å². The van der Waals surface area contributed by atoms with Gasteiger partial charge in [0.2, 0.25) is 5.95 Å². The summed E-state index contributed by atoms with van der Waals surface area (Å²) in [6, 6.07) is 4.99. The number of aliphatic hydroxyl groups is 2. The molecule has 4 N–H and O–H groups in total. The molecule has 3 aromatic rings. The van der Waals surface area contributed by atoms with E-state index in [1.165, 1.54) is 4.57 Å². The van der Waals surface area contributed by atoms with Crippen molar-refractivity contribution in [3.8, 4) is 5.75 Å². The summed E-state index contributed by atoms with van der Waals surface area (Å²) in [5.41, 5.74) is 1.03. The maximum atomic E-state index is 13.3. The van der Waals surface area contributed by atoms with Crippen LogP contribution < -0.4 is 16.6 Å². The van der Waals surface area contributed by atoms with E-state index in [2.05, 4.69) is 10.3 Å². The molecule has 172 valence electrons. The van der Waals surface area contributed by atoms with Crippen LogP contribution in [-0.4, -0.2) is 52.8 Å². The number of anilines is 1. The van der Waals surface area contributed by atoms with Gasteiger partial charge in [-0.15, -0.1) is 0 Å². The molecule has 10 heteroatoms. The largest absolute Gasteiger partial charge is 0.508 e. The highest BCUT2D eigenvalue weighted by molar-refractivity contribution is 5.74. The lowest BCUT2D eigenvalue weighted by atomic mass is 10.1. The molecule has 2 heterocycles. The number of rotatable bonds is 7. The lowest BCUT2D eigenvalue weighted by Gasteiger charge is -2.18. The zero-order chi connectivity index (χ0) is 23.0. The highest BCUT2D eigenvalue weighted by Crippen LogP contribution is 2.26. The third-order valence-electron chi connectivity index (χ3n) is 6.15. The number of hydrogen-bond donors (Lipinski definition) is 4. The van der Waals surface area contributed by atoms with E-state index in [9.17, 15) is 24.9 Å². The van der Waals surface area contributed by atoms with Crippen molar-refractivity contribution in [2.75, 3.05) is 11.9 Å². The maximum absolute atomic E-state index is 13.3. The molecule has 0 bridgehead atoms. The van der Waals surface area contributed by atoms with Crippen molar-refractivity contribution in [1.29, 1.82) is 0 Å². The SMILES string of the molecule is CCn1c(=O)c2c(nc(N[C@@H]3CCC[C@H]3O)n2Cc2ccc(O)c(C)c2)n(CCO)c1=O. The molecule has 0 spiro atoms. The van der Waals surface area contributed by atoms with E-state index in [-0.39, 0.29) is 49.2 Å². The molecular weight excluding hydrogens is 414 g/mol. The second-order valence-electron chi connectivity index (χ2n) is 8.27. The predicted molar refractivity (Wildman–Crippen MR) is 120 cm³/mol. The number of aromatic nitrogens is 4. The fraction of sp³-hybridized carbons (Fsp3) is 0.500. The molecule has 1 aromatic carbocycles.